The second-order valence-electron chi connectivity index (χ2n) is 1.30. The van der Waals surface area contributed by atoms with Gasteiger partial charge in [-0.3, -0.25) is 0 Å². The molecule has 1 aromatic rings. The molecule has 1 aromatic heterocycles. The lowest BCUT2D eigenvalue weighted by Gasteiger charge is -1.94. The van der Waals surface area contributed by atoms with Crippen molar-refractivity contribution in [2.24, 2.45) is 0 Å². The van der Waals surface area contributed by atoms with E-state index >= 15 is 0 Å². The minimum atomic E-state index is -0.175. The maximum atomic E-state index is 8.30. The van der Waals surface area contributed by atoms with Gasteiger partial charge in [0.15, 0.2) is 0 Å². The summed E-state index contributed by atoms with van der Waals surface area (Å²) >= 11 is 0. The second-order valence-corrected chi connectivity index (χ2v) is 1.30. The fourth-order valence-electron chi connectivity index (χ4n) is 0.399. The van der Waals surface area contributed by atoms with Gasteiger partial charge in [-0.25, -0.2) is 4.98 Å². The average molecular weight is 126 g/mol. The molecular weight excluding hydrogens is 120 g/mol. The van der Waals surface area contributed by atoms with Crippen LogP contribution in [0, 0.1) is 0 Å². The van der Waals surface area contributed by atoms with Crippen LogP contribution in [0.2, 0.25) is 0 Å². The number of nitrogens with zero attached hydrogens (tertiary/aromatic N) is 3. The van der Waals surface area contributed by atoms with E-state index in [1.807, 2.05) is 0 Å². The first kappa shape index (κ1) is 5.90. The first-order chi connectivity index (χ1) is 4.43. The molecule has 5 nitrogen and oxygen atoms in total. The largest absolute Gasteiger partial charge is 0.376 e. The van der Waals surface area contributed by atoms with Crippen LogP contribution < -0.4 is 5.32 Å². The van der Waals surface area contributed by atoms with Crippen LogP contribution in [0.4, 0.5) is 5.95 Å². The second kappa shape index (κ2) is 2.93. The van der Waals surface area contributed by atoms with Gasteiger partial charge in [0.05, 0.1) is 12.4 Å². The predicted molar refractivity (Wildman–Crippen MR) is 30.5 cm³/mol. The molecule has 48 valence electrons. The predicted octanol–water partition coefficient (Wildman–Crippen LogP) is -0.767. The molecule has 0 aliphatic rings. The van der Waals surface area contributed by atoms with Crippen molar-refractivity contribution in [1.82, 2.24) is 15.2 Å². The molecule has 0 spiro atoms. The summed E-state index contributed by atoms with van der Waals surface area (Å²) in [7, 11) is 0. The third kappa shape index (κ3) is 1.61. The molecule has 5 heteroatoms. The van der Waals surface area contributed by atoms with Crippen molar-refractivity contribution in [2.45, 2.75) is 0 Å². The van der Waals surface area contributed by atoms with Gasteiger partial charge in [-0.15, -0.1) is 5.10 Å². The molecule has 0 fully saturated rings. The molecule has 0 aliphatic heterocycles. The molecule has 0 bridgehead atoms. The number of anilines is 1. The number of aliphatic hydroxyl groups is 1. The Balaban J connectivity index is 2.61. The number of rotatable bonds is 2. The maximum absolute atomic E-state index is 8.30. The van der Waals surface area contributed by atoms with Crippen molar-refractivity contribution in [3.63, 3.8) is 0 Å². The summed E-state index contributed by atoms with van der Waals surface area (Å²) in [5.74, 6) is 0.333. The molecule has 1 heterocycles. The molecule has 0 aromatic carbocycles. The minimum absolute atomic E-state index is 0.175. The van der Waals surface area contributed by atoms with E-state index < -0.39 is 0 Å². The van der Waals surface area contributed by atoms with E-state index in [4.69, 9.17) is 5.11 Å². The van der Waals surface area contributed by atoms with Gasteiger partial charge in [-0.2, -0.15) is 5.10 Å². The smallest absolute Gasteiger partial charge is 0.244 e. The van der Waals surface area contributed by atoms with Crippen molar-refractivity contribution in [3.05, 3.63) is 12.4 Å². The minimum Gasteiger partial charge on any atom is -0.376 e. The monoisotopic (exact) mass is 126 g/mol. The van der Waals surface area contributed by atoms with Crippen LogP contribution in [-0.2, 0) is 0 Å². The third-order valence-electron chi connectivity index (χ3n) is 0.720. The van der Waals surface area contributed by atoms with E-state index in [0.29, 0.717) is 5.95 Å². The summed E-state index contributed by atoms with van der Waals surface area (Å²) in [6.45, 7) is -0.175. The zero-order chi connectivity index (χ0) is 6.53. The lowest BCUT2D eigenvalue weighted by molar-refractivity contribution is 0.324. The van der Waals surface area contributed by atoms with Gasteiger partial charge in [-0.1, -0.05) is 0 Å². The SMILES string of the molecule is OCNc1nccnn1. The molecule has 0 atom stereocenters. The molecular formula is C4H6N4O. The highest BCUT2D eigenvalue weighted by atomic mass is 16.3. The van der Waals surface area contributed by atoms with E-state index in [9.17, 15) is 0 Å². The van der Waals surface area contributed by atoms with Gasteiger partial charge in [0.25, 0.3) is 0 Å². The molecule has 2 N–H and O–H groups in total. The molecule has 0 unspecified atom stereocenters. The summed E-state index contributed by atoms with van der Waals surface area (Å²) < 4.78 is 0. The Kier molecular flexibility index (Phi) is 1.92. The summed E-state index contributed by atoms with van der Waals surface area (Å²) in [5, 5.41) is 17.8. The van der Waals surface area contributed by atoms with Crippen molar-refractivity contribution in [2.75, 3.05) is 12.0 Å². The van der Waals surface area contributed by atoms with Crippen molar-refractivity contribution in [3.8, 4) is 0 Å². The Morgan fingerprint density at radius 2 is 2.44 bits per heavy atom. The Morgan fingerprint density at radius 1 is 1.56 bits per heavy atom. The van der Waals surface area contributed by atoms with Crippen molar-refractivity contribution in [1.29, 1.82) is 0 Å². The lowest BCUT2D eigenvalue weighted by Crippen LogP contribution is -2.03. The summed E-state index contributed by atoms with van der Waals surface area (Å²) in [6, 6.07) is 0. The van der Waals surface area contributed by atoms with Crippen LogP contribution in [0.3, 0.4) is 0 Å². The van der Waals surface area contributed by atoms with E-state index in [0.717, 1.165) is 0 Å². The van der Waals surface area contributed by atoms with Gasteiger partial charge >= 0.3 is 0 Å². The third-order valence-corrected chi connectivity index (χ3v) is 0.720. The van der Waals surface area contributed by atoms with Crippen LogP contribution in [0.25, 0.3) is 0 Å². The van der Waals surface area contributed by atoms with E-state index in [1.165, 1.54) is 12.4 Å². The highest BCUT2D eigenvalue weighted by Gasteiger charge is 1.87. The summed E-state index contributed by atoms with van der Waals surface area (Å²) in [4.78, 5) is 3.72. The van der Waals surface area contributed by atoms with Gasteiger partial charge < -0.3 is 10.4 Å². The van der Waals surface area contributed by atoms with Crippen LogP contribution in [0.1, 0.15) is 0 Å². The first-order valence-corrected chi connectivity index (χ1v) is 2.42. The standard InChI is InChI=1S/C4H6N4O/c9-3-6-4-5-1-2-7-8-4/h1-2,9H,3H2,(H,5,6,8). The molecule has 9 heavy (non-hydrogen) atoms. The van der Waals surface area contributed by atoms with E-state index in [2.05, 4.69) is 20.5 Å². The van der Waals surface area contributed by atoms with E-state index in [-0.39, 0.29) is 6.73 Å². The molecule has 0 radical (unpaired) electrons. The van der Waals surface area contributed by atoms with Crippen LogP contribution >= 0.6 is 0 Å². The molecule has 0 amide bonds. The van der Waals surface area contributed by atoms with Gasteiger partial charge in [0.1, 0.15) is 6.73 Å². The Labute approximate surface area is 51.8 Å². The zero-order valence-electron chi connectivity index (χ0n) is 4.65. The number of aliphatic hydroxyl groups excluding tert-OH is 1. The fourth-order valence-corrected chi connectivity index (χ4v) is 0.399. The van der Waals surface area contributed by atoms with E-state index in [1.54, 1.807) is 0 Å². The highest BCUT2D eigenvalue weighted by Crippen LogP contribution is 1.87. The topological polar surface area (TPSA) is 70.9 Å². The quantitative estimate of drug-likeness (QED) is 0.509. The van der Waals surface area contributed by atoms with Gasteiger partial charge in [-0.05, 0) is 0 Å². The van der Waals surface area contributed by atoms with Crippen molar-refractivity contribution >= 4 is 5.95 Å². The Bertz CT molecular complexity index is 165. The lowest BCUT2D eigenvalue weighted by atomic mass is 10.8. The van der Waals surface area contributed by atoms with Gasteiger partial charge in [0, 0.05) is 0 Å². The summed E-state index contributed by atoms with van der Waals surface area (Å²) in [5.41, 5.74) is 0. The molecule has 0 saturated heterocycles. The van der Waals surface area contributed by atoms with Crippen LogP contribution in [-0.4, -0.2) is 27.0 Å². The van der Waals surface area contributed by atoms with Crippen LogP contribution in [0.15, 0.2) is 12.4 Å². The maximum Gasteiger partial charge on any atom is 0.244 e. The van der Waals surface area contributed by atoms with Gasteiger partial charge in [0.2, 0.25) is 5.95 Å². The number of hydrogen-bond acceptors (Lipinski definition) is 5. The Morgan fingerprint density at radius 3 is 3.00 bits per heavy atom. The number of aromatic nitrogens is 3. The molecule has 0 aliphatic carbocycles. The zero-order valence-corrected chi connectivity index (χ0v) is 4.65. The number of nitrogens with one attached hydrogen (secondary N) is 1. The number of hydrogen-bond donors (Lipinski definition) is 2. The first-order valence-electron chi connectivity index (χ1n) is 2.42. The van der Waals surface area contributed by atoms with Crippen LogP contribution in [0.5, 0.6) is 0 Å². The fraction of sp³-hybridized carbons (Fsp3) is 0.250. The average Bonchev–Trinajstić information content (AvgIpc) is 1.91. The molecule has 1 rings (SSSR count). The normalized spacial score (nSPS) is 9.00. The highest BCUT2D eigenvalue weighted by molar-refractivity contribution is 5.18. The molecule has 0 saturated carbocycles. The Hall–Kier alpha value is -1.23. The van der Waals surface area contributed by atoms with Crippen molar-refractivity contribution < 1.29 is 5.11 Å². The summed E-state index contributed by atoms with van der Waals surface area (Å²) in [6.07, 6.45) is 2.95.